The first-order chi connectivity index (χ1) is 17.1. The molecule has 0 unspecified atom stereocenters. The molecule has 5 rings (SSSR count). The summed E-state index contributed by atoms with van der Waals surface area (Å²) in [4.78, 5) is 20.1. The summed E-state index contributed by atoms with van der Waals surface area (Å²) in [6, 6.07) is 24.7. The second-order valence-corrected chi connectivity index (χ2v) is 10.1. The normalized spacial score (nSPS) is 15.7. The fourth-order valence-corrected chi connectivity index (χ4v) is 4.92. The Balaban J connectivity index is 1.34. The van der Waals surface area contributed by atoms with Crippen molar-refractivity contribution in [2.24, 2.45) is 0 Å². The van der Waals surface area contributed by atoms with E-state index in [-0.39, 0.29) is 11.9 Å². The van der Waals surface area contributed by atoms with Gasteiger partial charge in [-0.15, -0.1) is 0 Å². The van der Waals surface area contributed by atoms with Crippen molar-refractivity contribution in [3.8, 4) is 0 Å². The molecule has 0 saturated heterocycles. The maximum Gasteiger partial charge on any atom is 0.240 e. The number of carbonyl (C=O) groups is 1. The van der Waals surface area contributed by atoms with Crippen LogP contribution in [0.3, 0.4) is 0 Å². The van der Waals surface area contributed by atoms with Crippen LogP contribution in [0, 0.1) is 6.92 Å². The topological polar surface area (TPSA) is 50.2 Å². The molecule has 6 heteroatoms. The Hall–Kier alpha value is -3.22. The van der Waals surface area contributed by atoms with Gasteiger partial charge in [-0.1, -0.05) is 76.6 Å². The first-order valence-electron chi connectivity index (χ1n) is 11.9. The van der Waals surface area contributed by atoms with Gasteiger partial charge in [0.2, 0.25) is 5.91 Å². The van der Waals surface area contributed by atoms with Gasteiger partial charge < -0.3 is 9.47 Å². The van der Waals surface area contributed by atoms with E-state index in [2.05, 4.69) is 98.4 Å². The first kappa shape index (κ1) is 23.5. The lowest BCUT2D eigenvalue weighted by molar-refractivity contribution is -0.134. The van der Waals surface area contributed by atoms with Crippen LogP contribution >= 0.6 is 15.9 Å². The van der Waals surface area contributed by atoms with Crippen LogP contribution in [0.2, 0.25) is 0 Å². The van der Waals surface area contributed by atoms with Gasteiger partial charge in [0.15, 0.2) is 0 Å². The third kappa shape index (κ3) is 5.55. The Morgan fingerprint density at radius 2 is 1.71 bits per heavy atom. The highest BCUT2D eigenvalue weighted by Crippen LogP contribution is 2.23. The molecule has 3 aromatic carbocycles. The SMILES string of the molecule is Cc1ccccc1CN1Cc2ccccc2C[C@H](NCc2cncn2Cc2ccc(Br)cc2)C1=O. The zero-order valence-electron chi connectivity index (χ0n) is 19.8. The summed E-state index contributed by atoms with van der Waals surface area (Å²) in [7, 11) is 0. The summed E-state index contributed by atoms with van der Waals surface area (Å²) in [6.45, 7) is 4.66. The van der Waals surface area contributed by atoms with Gasteiger partial charge >= 0.3 is 0 Å². The molecule has 1 aromatic heterocycles. The number of benzene rings is 3. The highest BCUT2D eigenvalue weighted by molar-refractivity contribution is 9.10. The average Bonchev–Trinajstić information content (AvgIpc) is 3.26. The lowest BCUT2D eigenvalue weighted by Crippen LogP contribution is -2.45. The van der Waals surface area contributed by atoms with Crippen molar-refractivity contribution >= 4 is 21.8 Å². The van der Waals surface area contributed by atoms with Gasteiger partial charge in [-0.05, 0) is 53.3 Å². The number of aryl methyl sites for hydroxylation is 1. The van der Waals surface area contributed by atoms with E-state index in [1.54, 1.807) is 0 Å². The highest BCUT2D eigenvalue weighted by atomic mass is 79.9. The molecule has 1 aliphatic heterocycles. The molecule has 1 atom stereocenters. The second-order valence-electron chi connectivity index (χ2n) is 9.17. The molecule has 0 saturated carbocycles. The third-order valence-electron chi connectivity index (χ3n) is 6.73. The van der Waals surface area contributed by atoms with Crippen LogP contribution < -0.4 is 5.32 Å². The van der Waals surface area contributed by atoms with E-state index < -0.39 is 0 Å². The lowest BCUT2D eigenvalue weighted by Gasteiger charge is -2.26. The molecule has 1 amide bonds. The minimum atomic E-state index is -0.293. The van der Waals surface area contributed by atoms with Crippen LogP contribution in [-0.2, 0) is 37.4 Å². The zero-order valence-corrected chi connectivity index (χ0v) is 21.4. The smallest absolute Gasteiger partial charge is 0.240 e. The highest BCUT2D eigenvalue weighted by Gasteiger charge is 2.29. The quantitative estimate of drug-likeness (QED) is 0.356. The van der Waals surface area contributed by atoms with Crippen molar-refractivity contribution in [3.63, 3.8) is 0 Å². The number of hydrogen-bond donors (Lipinski definition) is 1. The van der Waals surface area contributed by atoms with Crippen molar-refractivity contribution in [1.29, 1.82) is 0 Å². The molecule has 2 heterocycles. The molecule has 0 fully saturated rings. The number of amides is 1. The maximum absolute atomic E-state index is 13.7. The number of carbonyl (C=O) groups excluding carboxylic acids is 1. The molecule has 35 heavy (non-hydrogen) atoms. The summed E-state index contributed by atoms with van der Waals surface area (Å²) >= 11 is 3.49. The van der Waals surface area contributed by atoms with Gasteiger partial charge in [0.05, 0.1) is 18.1 Å². The van der Waals surface area contributed by atoms with Crippen LogP contribution in [0.25, 0.3) is 0 Å². The number of fused-ring (bicyclic) bond motifs is 1. The number of rotatable bonds is 7. The lowest BCUT2D eigenvalue weighted by atomic mass is 10.0. The first-order valence-corrected chi connectivity index (χ1v) is 12.7. The predicted molar refractivity (Wildman–Crippen MR) is 142 cm³/mol. The number of aromatic nitrogens is 2. The Morgan fingerprint density at radius 3 is 2.51 bits per heavy atom. The largest absolute Gasteiger partial charge is 0.333 e. The molecule has 0 aliphatic carbocycles. The van der Waals surface area contributed by atoms with Crippen molar-refractivity contribution in [2.45, 2.75) is 45.6 Å². The van der Waals surface area contributed by atoms with E-state index in [0.717, 1.165) is 16.7 Å². The van der Waals surface area contributed by atoms with E-state index in [1.165, 1.54) is 27.8 Å². The summed E-state index contributed by atoms with van der Waals surface area (Å²) in [5, 5.41) is 3.56. The minimum absolute atomic E-state index is 0.142. The molecular weight excluding hydrogens is 500 g/mol. The average molecular weight is 529 g/mol. The fraction of sp³-hybridized carbons (Fsp3) is 0.241. The molecule has 0 bridgehead atoms. The van der Waals surface area contributed by atoms with Gasteiger partial charge in [0, 0.05) is 36.8 Å². The Bertz CT molecular complexity index is 1310. The number of hydrogen-bond acceptors (Lipinski definition) is 3. The van der Waals surface area contributed by atoms with Gasteiger partial charge in [-0.3, -0.25) is 10.1 Å². The van der Waals surface area contributed by atoms with Crippen molar-refractivity contribution in [1.82, 2.24) is 19.8 Å². The molecule has 5 nitrogen and oxygen atoms in total. The maximum atomic E-state index is 13.7. The number of nitrogens with one attached hydrogen (secondary N) is 1. The Labute approximate surface area is 214 Å². The van der Waals surface area contributed by atoms with Gasteiger partial charge in [-0.2, -0.15) is 0 Å². The van der Waals surface area contributed by atoms with Crippen LogP contribution in [0.5, 0.6) is 0 Å². The summed E-state index contributed by atoms with van der Waals surface area (Å²) in [6.07, 6.45) is 4.42. The van der Waals surface area contributed by atoms with E-state index in [4.69, 9.17) is 0 Å². The molecular formula is C29H29BrN4O. The number of imidazole rings is 1. The van der Waals surface area contributed by atoms with E-state index in [9.17, 15) is 4.79 Å². The van der Waals surface area contributed by atoms with Crippen LogP contribution in [0.1, 0.15) is 33.5 Å². The van der Waals surface area contributed by atoms with E-state index >= 15 is 0 Å². The summed E-state index contributed by atoms with van der Waals surface area (Å²) in [5.41, 5.74) is 7.11. The van der Waals surface area contributed by atoms with Crippen molar-refractivity contribution in [2.75, 3.05) is 0 Å². The zero-order chi connectivity index (χ0) is 24.2. The monoisotopic (exact) mass is 528 g/mol. The van der Waals surface area contributed by atoms with Gasteiger partial charge in [-0.25, -0.2) is 4.98 Å². The molecule has 0 radical (unpaired) electrons. The van der Waals surface area contributed by atoms with Crippen molar-refractivity contribution < 1.29 is 4.79 Å². The number of nitrogens with zero attached hydrogens (tertiary/aromatic N) is 3. The van der Waals surface area contributed by atoms with Gasteiger partial charge in [0.1, 0.15) is 0 Å². The molecule has 0 spiro atoms. The van der Waals surface area contributed by atoms with Crippen LogP contribution in [0.15, 0.2) is 89.8 Å². The van der Waals surface area contributed by atoms with Crippen molar-refractivity contribution in [3.05, 3.63) is 123 Å². The molecule has 178 valence electrons. The van der Waals surface area contributed by atoms with Crippen LogP contribution in [-0.4, -0.2) is 26.4 Å². The van der Waals surface area contributed by atoms with E-state index in [1.807, 2.05) is 29.6 Å². The molecule has 1 aliphatic rings. The predicted octanol–water partition coefficient (Wildman–Crippen LogP) is 5.25. The fourth-order valence-electron chi connectivity index (χ4n) is 4.66. The number of halogens is 1. The molecule has 1 N–H and O–H groups in total. The second kappa shape index (κ2) is 10.6. The van der Waals surface area contributed by atoms with E-state index in [0.29, 0.717) is 26.1 Å². The van der Waals surface area contributed by atoms with Crippen LogP contribution in [0.4, 0.5) is 0 Å². The Morgan fingerprint density at radius 1 is 0.971 bits per heavy atom. The Kier molecular flexibility index (Phi) is 7.11. The standard InChI is InChI=1S/C29H29BrN4O/c1-21-6-2-3-8-24(21)18-33-19-25-9-5-4-7-23(25)14-28(29(33)35)32-16-27-15-31-20-34(27)17-22-10-12-26(30)13-11-22/h2-13,15,20,28,32H,14,16-19H2,1H3/t28-/m0/s1. The summed E-state index contributed by atoms with van der Waals surface area (Å²) in [5.74, 6) is 0.142. The third-order valence-corrected chi connectivity index (χ3v) is 7.26. The summed E-state index contributed by atoms with van der Waals surface area (Å²) < 4.78 is 3.20. The molecule has 4 aromatic rings. The minimum Gasteiger partial charge on any atom is -0.333 e. The van der Waals surface area contributed by atoms with Gasteiger partial charge in [0.25, 0.3) is 0 Å².